The number of carbonyl (C=O) groups is 3. The number of carbonyl (C=O) groups excluding carboxylic acids is 2. The second kappa shape index (κ2) is 9.56. The SMILES string of the molecule is CC(CC(=O)Nc1ccc(C(=O)O)cc1)NC(=O)OCC1c2ccccc2-c2ccccc21. The third kappa shape index (κ3) is 5.03. The van der Waals surface area contributed by atoms with Crippen LogP contribution in [-0.4, -0.2) is 35.7 Å². The highest BCUT2D eigenvalue weighted by Crippen LogP contribution is 2.44. The summed E-state index contributed by atoms with van der Waals surface area (Å²) in [6, 6.07) is 21.6. The van der Waals surface area contributed by atoms with Crippen LogP contribution in [0.5, 0.6) is 0 Å². The van der Waals surface area contributed by atoms with Crippen molar-refractivity contribution in [2.75, 3.05) is 11.9 Å². The summed E-state index contributed by atoms with van der Waals surface area (Å²) >= 11 is 0. The molecule has 0 aromatic heterocycles. The van der Waals surface area contributed by atoms with Crippen molar-refractivity contribution < 1.29 is 24.2 Å². The third-order valence-electron chi connectivity index (χ3n) is 5.62. The first-order valence-electron chi connectivity index (χ1n) is 10.7. The molecule has 0 aliphatic heterocycles. The molecule has 1 aliphatic rings. The minimum atomic E-state index is -1.03. The molecule has 4 rings (SSSR count). The minimum absolute atomic E-state index is 0.0319. The maximum absolute atomic E-state index is 12.4. The zero-order valence-corrected chi connectivity index (χ0v) is 18.1. The van der Waals surface area contributed by atoms with Crippen LogP contribution in [0.4, 0.5) is 10.5 Å². The number of carboxylic acid groups (broad SMARTS) is 1. The minimum Gasteiger partial charge on any atom is -0.478 e. The van der Waals surface area contributed by atoms with Crippen molar-refractivity contribution in [1.82, 2.24) is 5.32 Å². The molecule has 0 fully saturated rings. The lowest BCUT2D eigenvalue weighted by Crippen LogP contribution is -2.36. The average molecular weight is 444 g/mol. The summed E-state index contributed by atoms with van der Waals surface area (Å²) in [5.41, 5.74) is 5.20. The first-order chi connectivity index (χ1) is 15.9. The number of nitrogens with one attached hydrogen (secondary N) is 2. The van der Waals surface area contributed by atoms with Gasteiger partial charge >= 0.3 is 12.1 Å². The molecule has 3 aromatic carbocycles. The maximum atomic E-state index is 12.4. The molecule has 1 unspecified atom stereocenters. The van der Waals surface area contributed by atoms with Crippen LogP contribution in [0.3, 0.4) is 0 Å². The van der Waals surface area contributed by atoms with E-state index in [0.29, 0.717) is 5.69 Å². The van der Waals surface area contributed by atoms with Crippen molar-refractivity contribution >= 4 is 23.7 Å². The number of amides is 2. The van der Waals surface area contributed by atoms with Crippen LogP contribution in [0.2, 0.25) is 0 Å². The highest BCUT2D eigenvalue weighted by atomic mass is 16.5. The second-order valence-corrected chi connectivity index (χ2v) is 8.01. The molecule has 7 nitrogen and oxygen atoms in total. The molecule has 0 bridgehead atoms. The second-order valence-electron chi connectivity index (χ2n) is 8.01. The van der Waals surface area contributed by atoms with Crippen LogP contribution in [0.15, 0.2) is 72.8 Å². The van der Waals surface area contributed by atoms with E-state index in [0.717, 1.165) is 22.3 Å². The zero-order valence-electron chi connectivity index (χ0n) is 18.1. The summed E-state index contributed by atoms with van der Waals surface area (Å²) in [7, 11) is 0. The van der Waals surface area contributed by atoms with Gasteiger partial charge in [0.15, 0.2) is 0 Å². The van der Waals surface area contributed by atoms with E-state index in [2.05, 4.69) is 34.9 Å². The molecule has 0 radical (unpaired) electrons. The fraction of sp³-hybridized carbons (Fsp3) is 0.192. The molecule has 0 saturated heterocycles. The van der Waals surface area contributed by atoms with E-state index in [1.807, 2.05) is 24.3 Å². The van der Waals surface area contributed by atoms with Gasteiger partial charge in [-0.15, -0.1) is 0 Å². The zero-order chi connectivity index (χ0) is 23.4. The van der Waals surface area contributed by atoms with Gasteiger partial charge in [0.05, 0.1) is 5.56 Å². The van der Waals surface area contributed by atoms with E-state index in [9.17, 15) is 14.4 Å². The van der Waals surface area contributed by atoms with Crippen LogP contribution >= 0.6 is 0 Å². The molecule has 0 spiro atoms. The first-order valence-corrected chi connectivity index (χ1v) is 10.7. The monoisotopic (exact) mass is 444 g/mol. The number of carboxylic acids is 1. The lowest BCUT2D eigenvalue weighted by molar-refractivity contribution is -0.116. The van der Waals surface area contributed by atoms with Crippen molar-refractivity contribution in [1.29, 1.82) is 0 Å². The van der Waals surface area contributed by atoms with Crippen molar-refractivity contribution in [3.63, 3.8) is 0 Å². The number of fused-ring (bicyclic) bond motifs is 3. The van der Waals surface area contributed by atoms with Crippen LogP contribution in [0.1, 0.15) is 40.7 Å². The van der Waals surface area contributed by atoms with Gasteiger partial charge in [0.2, 0.25) is 5.91 Å². The van der Waals surface area contributed by atoms with Gasteiger partial charge in [-0.1, -0.05) is 48.5 Å². The molecule has 1 atom stereocenters. The summed E-state index contributed by atoms with van der Waals surface area (Å²) in [6.45, 7) is 1.92. The summed E-state index contributed by atoms with van der Waals surface area (Å²) in [5, 5.41) is 14.3. The first kappa shape index (κ1) is 22.1. The lowest BCUT2D eigenvalue weighted by atomic mass is 9.98. The van der Waals surface area contributed by atoms with Crippen LogP contribution < -0.4 is 10.6 Å². The number of hydrogen-bond donors (Lipinski definition) is 3. The number of aromatic carboxylic acids is 1. The summed E-state index contributed by atoms with van der Waals surface area (Å²) in [4.78, 5) is 35.5. The Kier molecular flexibility index (Phi) is 6.40. The van der Waals surface area contributed by atoms with E-state index in [1.54, 1.807) is 6.92 Å². The molecule has 3 N–H and O–H groups in total. The highest BCUT2D eigenvalue weighted by Gasteiger charge is 2.29. The van der Waals surface area contributed by atoms with E-state index in [1.165, 1.54) is 24.3 Å². The van der Waals surface area contributed by atoms with Gasteiger partial charge in [0, 0.05) is 24.1 Å². The molecule has 168 valence electrons. The predicted octanol–water partition coefficient (Wildman–Crippen LogP) is 4.64. The summed E-state index contributed by atoms with van der Waals surface area (Å²) in [5.74, 6) is -1.37. The van der Waals surface area contributed by atoms with Crippen molar-refractivity contribution in [2.45, 2.75) is 25.3 Å². The van der Waals surface area contributed by atoms with Crippen LogP contribution in [0.25, 0.3) is 11.1 Å². The fourth-order valence-corrected chi connectivity index (χ4v) is 4.08. The van der Waals surface area contributed by atoms with Crippen LogP contribution in [-0.2, 0) is 9.53 Å². The van der Waals surface area contributed by atoms with E-state index >= 15 is 0 Å². The molecular formula is C26H24N2O5. The predicted molar refractivity (Wildman–Crippen MR) is 124 cm³/mol. The van der Waals surface area contributed by atoms with E-state index < -0.39 is 18.1 Å². The summed E-state index contributed by atoms with van der Waals surface area (Å²) in [6.07, 6.45) is -0.534. The maximum Gasteiger partial charge on any atom is 0.407 e. The molecule has 0 saturated carbocycles. The van der Waals surface area contributed by atoms with E-state index in [-0.39, 0.29) is 30.4 Å². The van der Waals surface area contributed by atoms with Gasteiger partial charge in [0.25, 0.3) is 0 Å². The Labute approximate surface area is 191 Å². The Hall–Kier alpha value is -4.13. The molecule has 0 heterocycles. The highest BCUT2D eigenvalue weighted by molar-refractivity contribution is 5.93. The van der Waals surface area contributed by atoms with Crippen molar-refractivity contribution in [3.8, 4) is 11.1 Å². The Morgan fingerprint density at radius 1 is 0.909 bits per heavy atom. The molecule has 2 amide bonds. The molecule has 3 aromatic rings. The normalized spacial score (nSPS) is 12.9. The fourth-order valence-electron chi connectivity index (χ4n) is 4.08. The van der Waals surface area contributed by atoms with Crippen molar-refractivity contribution in [2.24, 2.45) is 0 Å². The molecule has 33 heavy (non-hydrogen) atoms. The smallest absolute Gasteiger partial charge is 0.407 e. The number of alkyl carbamates (subject to hydrolysis) is 1. The molecule has 7 heteroatoms. The Morgan fingerprint density at radius 3 is 2.06 bits per heavy atom. The summed E-state index contributed by atoms with van der Waals surface area (Å²) < 4.78 is 5.51. The Morgan fingerprint density at radius 2 is 1.48 bits per heavy atom. The lowest BCUT2D eigenvalue weighted by Gasteiger charge is -2.17. The van der Waals surface area contributed by atoms with Gasteiger partial charge in [-0.25, -0.2) is 9.59 Å². The molecule has 1 aliphatic carbocycles. The van der Waals surface area contributed by atoms with Crippen molar-refractivity contribution in [3.05, 3.63) is 89.5 Å². The van der Waals surface area contributed by atoms with Gasteiger partial charge in [0.1, 0.15) is 6.61 Å². The van der Waals surface area contributed by atoms with Gasteiger partial charge in [-0.05, 0) is 53.4 Å². The van der Waals surface area contributed by atoms with E-state index in [4.69, 9.17) is 9.84 Å². The Balaban J connectivity index is 1.28. The molecular weight excluding hydrogens is 420 g/mol. The van der Waals surface area contributed by atoms with Crippen LogP contribution in [0, 0.1) is 0 Å². The van der Waals surface area contributed by atoms with Gasteiger partial charge < -0.3 is 20.5 Å². The average Bonchev–Trinajstić information content (AvgIpc) is 3.11. The number of benzene rings is 3. The number of ether oxygens (including phenoxy) is 1. The Bertz CT molecular complexity index is 1140. The number of rotatable bonds is 7. The quantitative estimate of drug-likeness (QED) is 0.492. The topological polar surface area (TPSA) is 105 Å². The largest absolute Gasteiger partial charge is 0.478 e. The standard InChI is InChI=1S/C26H24N2O5/c1-16(14-24(29)28-18-12-10-17(11-13-18)25(30)31)27-26(32)33-15-23-21-8-4-2-6-19(21)20-7-3-5-9-22(20)23/h2-13,16,23H,14-15H2,1H3,(H,27,32)(H,28,29)(H,30,31). The van der Waals surface area contributed by atoms with Gasteiger partial charge in [-0.3, -0.25) is 4.79 Å². The number of hydrogen-bond acceptors (Lipinski definition) is 4. The third-order valence-corrected chi connectivity index (χ3v) is 5.62. The number of anilines is 1. The van der Waals surface area contributed by atoms with Gasteiger partial charge in [-0.2, -0.15) is 0 Å².